The number of rotatable bonds is 5. The molecule has 5 rings (SSSR count). The average Bonchev–Trinajstić information content (AvgIpc) is 3.59. The number of aromatic nitrogens is 4. The molecule has 3 heterocycles. The third kappa shape index (κ3) is 5.51. The number of urea groups is 1. The summed E-state index contributed by atoms with van der Waals surface area (Å²) in [5.74, 6) is 6.63. The first-order chi connectivity index (χ1) is 17.7. The van der Waals surface area contributed by atoms with Crippen molar-refractivity contribution in [1.82, 2.24) is 24.8 Å². The van der Waals surface area contributed by atoms with Crippen LogP contribution >= 0.6 is 0 Å². The van der Waals surface area contributed by atoms with Gasteiger partial charge in [0.15, 0.2) is 0 Å². The standard InChI is InChI=1S/C27H25N7O2/c1-2-33-19-24(18-30-33)31-26-28-16-21(17-29-26)12-11-20-7-6-10-23(15-20)32-27(35)34-25(13-14-36-34)22-8-4-3-5-9-22/h3-10,15-19,25H,2,13-14H2,1H3,(H,32,35)(H,28,29,31)/t25-/m0/s1. The number of carbonyl (C=O) groups excluding carboxylic acids is 1. The fourth-order valence-electron chi connectivity index (χ4n) is 3.83. The predicted molar refractivity (Wildman–Crippen MR) is 136 cm³/mol. The van der Waals surface area contributed by atoms with Gasteiger partial charge in [0.2, 0.25) is 5.95 Å². The molecule has 0 bridgehead atoms. The Labute approximate surface area is 209 Å². The van der Waals surface area contributed by atoms with Gasteiger partial charge in [-0.05, 0) is 30.7 Å². The number of hydrogen-bond donors (Lipinski definition) is 2. The summed E-state index contributed by atoms with van der Waals surface area (Å²) in [5.41, 5.74) is 3.94. The van der Waals surface area contributed by atoms with E-state index in [4.69, 9.17) is 4.84 Å². The number of carbonyl (C=O) groups is 1. The molecule has 2 aromatic carbocycles. The van der Waals surface area contributed by atoms with Crippen LogP contribution in [0.2, 0.25) is 0 Å². The van der Waals surface area contributed by atoms with E-state index in [9.17, 15) is 4.79 Å². The fourth-order valence-corrected chi connectivity index (χ4v) is 3.83. The van der Waals surface area contributed by atoms with E-state index in [2.05, 4.69) is 37.5 Å². The first kappa shape index (κ1) is 23.1. The molecule has 9 heteroatoms. The molecule has 1 aliphatic heterocycles. The number of hydroxylamine groups is 2. The summed E-state index contributed by atoms with van der Waals surface area (Å²) in [4.78, 5) is 27.1. The van der Waals surface area contributed by atoms with Gasteiger partial charge < -0.3 is 10.6 Å². The minimum Gasteiger partial charge on any atom is -0.321 e. The van der Waals surface area contributed by atoms with Crippen LogP contribution in [0.15, 0.2) is 79.4 Å². The lowest BCUT2D eigenvalue weighted by Crippen LogP contribution is -2.33. The van der Waals surface area contributed by atoms with E-state index in [1.54, 1.807) is 18.6 Å². The number of benzene rings is 2. The zero-order valence-electron chi connectivity index (χ0n) is 19.8. The Hall–Kier alpha value is -4.68. The van der Waals surface area contributed by atoms with Gasteiger partial charge >= 0.3 is 6.03 Å². The zero-order valence-corrected chi connectivity index (χ0v) is 19.8. The Morgan fingerprint density at radius 1 is 1.03 bits per heavy atom. The van der Waals surface area contributed by atoms with Crippen LogP contribution in [0.3, 0.4) is 0 Å². The molecule has 0 aliphatic carbocycles. The maximum Gasteiger partial charge on any atom is 0.346 e. The molecular formula is C27H25N7O2. The zero-order chi connectivity index (χ0) is 24.7. The number of anilines is 3. The molecule has 0 unspecified atom stereocenters. The van der Waals surface area contributed by atoms with Crippen LogP contribution in [0.25, 0.3) is 0 Å². The molecule has 2 aromatic heterocycles. The second-order valence-electron chi connectivity index (χ2n) is 8.14. The summed E-state index contributed by atoms with van der Waals surface area (Å²) < 4.78 is 1.82. The van der Waals surface area contributed by atoms with E-state index in [-0.39, 0.29) is 12.1 Å². The van der Waals surface area contributed by atoms with Gasteiger partial charge in [-0.15, -0.1) is 0 Å². The second kappa shape index (κ2) is 10.7. The van der Waals surface area contributed by atoms with Gasteiger partial charge in [0.25, 0.3) is 0 Å². The Morgan fingerprint density at radius 3 is 2.61 bits per heavy atom. The van der Waals surface area contributed by atoms with E-state index in [1.807, 2.05) is 72.4 Å². The van der Waals surface area contributed by atoms with Crippen LogP contribution in [0, 0.1) is 11.8 Å². The van der Waals surface area contributed by atoms with Crippen molar-refractivity contribution in [2.45, 2.75) is 25.9 Å². The van der Waals surface area contributed by atoms with Crippen LogP contribution in [0.1, 0.15) is 36.1 Å². The summed E-state index contributed by atoms with van der Waals surface area (Å²) in [6, 6.07) is 16.8. The molecule has 1 fully saturated rings. The molecular weight excluding hydrogens is 454 g/mol. The van der Waals surface area contributed by atoms with Crippen molar-refractivity contribution in [2.24, 2.45) is 0 Å². The van der Waals surface area contributed by atoms with E-state index in [0.717, 1.165) is 29.8 Å². The first-order valence-electron chi connectivity index (χ1n) is 11.7. The van der Waals surface area contributed by atoms with Gasteiger partial charge in [-0.2, -0.15) is 10.2 Å². The topological polar surface area (TPSA) is 97.2 Å². The third-order valence-corrected chi connectivity index (χ3v) is 5.62. The number of hydrogen-bond acceptors (Lipinski definition) is 6. The van der Waals surface area contributed by atoms with Gasteiger partial charge in [-0.25, -0.2) is 14.8 Å². The van der Waals surface area contributed by atoms with E-state index < -0.39 is 0 Å². The van der Waals surface area contributed by atoms with E-state index >= 15 is 0 Å². The normalized spacial score (nSPS) is 14.7. The molecule has 180 valence electrons. The third-order valence-electron chi connectivity index (χ3n) is 5.62. The predicted octanol–water partition coefficient (Wildman–Crippen LogP) is 4.75. The maximum absolute atomic E-state index is 12.9. The lowest BCUT2D eigenvalue weighted by molar-refractivity contribution is -0.0829. The summed E-state index contributed by atoms with van der Waals surface area (Å²) in [7, 11) is 0. The Bertz CT molecular complexity index is 1390. The maximum atomic E-state index is 12.9. The highest BCUT2D eigenvalue weighted by Gasteiger charge is 2.31. The van der Waals surface area contributed by atoms with Crippen molar-refractivity contribution in [2.75, 3.05) is 17.2 Å². The van der Waals surface area contributed by atoms with Gasteiger partial charge in [0.05, 0.1) is 30.1 Å². The van der Waals surface area contributed by atoms with Gasteiger partial charge in [0, 0.05) is 42.8 Å². The minimum absolute atomic E-state index is 0.116. The molecule has 0 saturated carbocycles. The van der Waals surface area contributed by atoms with Gasteiger partial charge in [-0.1, -0.05) is 48.2 Å². The van der Waals surface area contributed by atoms with Crippen molar-refractivity contribution >= 4 is 23.4 Å². The van der Waals surface area contributed by atoms with Gasteiger partial charge in [-0.3, -0.25) is 9.52 Å². The minimum atomic E-state index is -0.313. The monoisotopic (exact) mass is 479 g/mol. The van der Waals surface area contributed by atoms with Crippen LogP contribution in [-0.4, -0.2) is 37.4 Å². The van der Waals surface area contributed by atoms with Crippen LogP contribution in [0.5, 0.6) is 0 Å². The highest BCUT2D eigenvalue weighted by molar-refractivity contribution is 5.89. The number of aryl methyl sites for hydroxylation is 1. The molecule has 0 radical (unpaired) electrons. The molecule has 36 heavy (non-hydrogen) atoms. The van der Waals surface area contributed by atoms with Crippen LogP contribution in [0.4, 0.5) is 22.1 Å². The number of nitrogens with one attached hydrogen (secondary N) is 2. The van der Waals surface area contributed by atoms with Gasteiger partial charge in [0.1, 0.15) is 0 Å². The molecule has 0 spiro atoms. The number of amides is 2. The number of nitrogens with zero attached hydrogens (tertiary/aromatic N) is 5. The van der Waals surface area contributed by atoms with Crippen LogP contribution < -0.4 is 10.6 Å². The molecule has 1 saturated heterocycles. The Morgan fingerprint density at radius 2 is 1.83 bits per heavy atom. The van der Waals surface area contributed by atoms with Crippen molar-refractivity contribution < 1.29 is 9.63 Å². The molecule has 9 nitrogen and oxygen atoms in total. The molecule has 2 N–H and O–H groups in total. The quantitative estimate of drug-likeness (QED) is 0.401. The smallest absolute Gasteiger partial charge is 0.321 e. The van der Waals surface area contributed by atoms with E-state index in [0.29, 0.717) is 23.8 Å². The Balaban J connectivity index is 1.22. The average molecular weight is 480 g/mol. The molecule has 1 aliphatic rings. The first-order valence-corrected chi connectivity index (χ1v) is 11.7. The lowest BCUT2D eigenvalue weighted by Gasteiger charge is -2.23. The molecule has 4 aromatic rings. The Kier molecular flexibility index (Phi) is 6.87. The SMILES string of the molecule is CCn1cc(Nc2ncc(C#Cc3cccc(NC(=O)N4OCC[C@H]4c4ccccc4)c3)cn2)cn1. The fraction of sp³-hybridized carbons (Fsp3) is 0.185. The summed E-state index contributed by atoms with van der Waals surface area (Å²) in [6.07, 6.45) is 7.69. The van der Waals surface area contributed by atoms with Crippen molar-refractivity contribution in [1.29, 1.82) is 0 Å². The highest BCUT2D eigenvalue weighted by Crippen LogP contribution is 2.30. The summed E-state index contributed by atoms with van der Waals surface area (Å²) in [6.45, 7) is 3.31. The largest absolute Gasteiger partial charge is 0.346 e. The second-order valence-corrected chi connectivity index (χ2v) is 8.14. The van der Waals surface area contributed by atoms with E-state index in [1.165, 1.54) is 5.06 Å². The summed E-state index contributed by atoms with van der Waals surface area (Å²) in [5, 5.41) is 11.7. The molecule has 1 atom stereocenters. The lowest BCUT2D eigenvalue weighted by atomic mass is 10.1. The highest BCUT2D eigenvalue weighted by atomic mass is 16.7. The van der Waals surface area contributed by atoms with Crippen molar-refractivity contribution in [3.63, 3.8) is 0 Å². The summed E-state index contributed by atoms with van der Waals surface area (Å²) >= 11 is 0. The van der Waals surface area contributed by atoms with Crippen molar-refractivity contribution in [3.8, 4) is 11.8 Å². The molecule has 2 amide bonds. The van der Waals surface area contributed by atoms with Crippen molar-refractivity contribution in [3.05, 3.63) is 96.1 Å². The van der Waals surface area contributed by atoms with Crippen LogP contribution in [-0.2, 0) is 11.4 Å².